The third kappa shape index (κ3) is 5.99. The Balaban J connectivity index is 1.97. The zero-order chi connectivity index (χ0) is 18.9. The Morgan fingerprint density at radius 2 is 1.58 bits per heavy atom. The summed E-state index contributed by atoms with van der Waals surface area (Å²) in [6.07, 6.45) is 3.73. The van der Waals surface area contributed by atoms with Crippen molar-refractivity contribution in [3.63, 3.8) is 0 Å². The first-order chi connectivity index (χ1) is 12.5. The predicted molar refractivity (Wildman–Crippen MR) is 102 cm³/mol. The van der Waals surface area contributed by atoms with Gasteiger partial charge in [-0.15, -0.1) is 0 Å². The van der Waals surface area contributed by atoms with Gasteiger partial charge in [0.25, 0.3) is 0 Å². The van der Waals surface area contributed by atoms with Crippen molar-refractivity contribution in [1.82, 2.24) is 14.8 Å². The zero-order valence-electron chi connectivity index (χ0n) is 15.8. The fraction of sp³-hybridized carbons (Fsp3) is 0.381. The second-order valence-electron chi connectivity index (χ2n) is 6.65. The number of rotatable bonds is 8. The maximum atomic E-state index is 12.7. The van der Waals surface area contributed by atoms with Gasteiger partial charge in [-0.1, -0.05) is 30.3 Å². The molecule has 5 nitrogen and oxygen atoms in total. The fourth-order valence-electron chi connectivity index (χ4n) is 2.77. The van der Waals surface area contributed by atoms with Crippen molar-refractivity contribution in [3.05, 3.63) is 66.0 Å². The van der Waals surface area contributed by atoms with Crippen LogP contribution in [0.1, 0.15) is 38.3 Å². The number of nitrogens with zero attached hydrogens (tertiary/aromatic N) is 3. The predicted octanol–water partition coefficient (Wildman–Crippen LogP) is 3.26. The number of aromatic nitrogens is 1. The maximum absolute atomic E-state index is 12.7. The number of pyridine rings is 1. The normalized spacial score (nSPS) is 10.6. The second-order valence-corrected chi connectivity index (χ2v) is 6.65. The lowest BCUT2D eigenvalue weighted by Crippen LogP contribution is -2.39. The van der Waals surface area contributed by atoms with Crippen molar-refractivity contribution >= 4 is 11.8 Å². The van der Waals surface area contributed by atoms with Crippen LogP contribution in [-0.2, 0) is 22.7 Å². The molecule has 0 aliphatic rings. The van der Waals surface area contributed by atoms with Crippen LogP contribution in [0.15, 0.2) is 54.9 Å². The first-order valence-corrected chi connectivity index (χ1v) is 8.95. The van der Waals surface area contributed by atoms with Crippen LogP contribution in [0.3, 0.4) is 0 Å². The van der Waals surface area contributed by atoms with Crippen LogP contribution in [0.25, 0.3) is 0 Å². The van der Waals surface area contributed by atoms with E-state index in [1.54, 1.807) is 17.3 Å². The van der Waals surface area contributed by atoms with E-state index in [-0.39, 0.29) is 17.9 Å². The molecule has 0 saturated heterocycles. The highest BCUT2D eigenvalue weighted by molar-refractivity contribution is 5.78. The Bertz CT molecular complexity index is 702. The molecule has 2 rings (SSSR count). The van der Waals surface area contributed by atoms with E-state index < -0.39 is 0 Å². The van der Waals surface area contributed by atoms with Crippen LogP contribution in [0.5, 0.6) is 0 Å². The van der Waals surface area contributed by atoms with E-state index in [2.05, 4.69) is 4.98 Å². The summed E-state index contributed by atoms with van der Waals surface area (Å²) in [6, 6.07) is 13.8. The van der Waals surface area contributed by atoms with Crippen LogP contribution >= 0.6 is 0 Å². The molecule has 0 atom stereocenters. The summed E-state index contributed by atoms with van der Waals surface area (Å²) < 4.78 is 0. The van der Waals surface area contributed by atoms with Gasteiger partial charge >= 0.3 is 0 Å². The number of carbonyl (C=O) groups excluding carboxylic acids is 2. The van der Waals surface area contributed by atoms with Crippen LogP contribution < -0.4 is 0 Å². The van der Waals surface area contributed by atoms with Gasteiger partial charge in [0, 0.05) is 51.4 Å². The minimum atomic E-state index is -0.0335. The van der Waals surface area contributed by atoms with Gasteiger partial charge in [0.15, 0.2) is 0 Å². The molecule has 1 aromatic carbocycles. The smallest absolute Gasteiger partial charge is 0.224 e. The average molecular weight is 353 g/mol. The van der Waals surface area contributed by atoms with E-state index in [1.807, 2.05) is 61.2 Å². The van der Waals surface area contributed by atoms with Gasteiger partial charge in [-0.25, -0.2) is 0 Å². The number of benzene rings is 1. The minimum Gasteiger partial charge on any atom is -0.338 e. The molecule has 1 aromatic heterocycles. The molecule has 1 heterocycles. The summed E-state index contributed by atoms with van der Waals surface area (Å²) in [7, 11) is 0. The maximum Gasteiger partial charge on any atom is 0.224 e. The molecule has 0 spiro atoms. The molecular formula is C21H27N3O2. The summed E-state index contributed by atoms with van der Waals surface area (Å²) in [6.45, 7) is 7.05. The fourth-order valence-corrected chi connectivity index (χ4v) is 2.77. The lowest BCUT2D eigenvalue weighted by molar-refractivity contribution is -0.135. The largest absolute Gasteiger partial charge is 0.338 e. The summed E-state index contributed by atoms with van der Waals surface area (Å²) in [4.78, 5) is 32.2. The topological polar surface area (TPSA) is 53.5 Å². The molecule has 0 N–H and O–H groups in total. The van der Waals surface area contributed by atoms with Crippen LogP contribution in [-0.4, -0.2) is 39.2 Å². The molecule has 2 aromatic rings. The van der Waals surface area contributed by atoms with Gasteiger partial charge in [-0.2, -0.15) is 0 Å². The summed E-state index contributed by atoms with van der Waals surface area (Å²) in [5.74, 6) is 0.0265. The molecule has 2 amide bonds. The van der Waals surface area contributed by atoms with Crippen molar-refractivity contribution in [2.45, 2.75) is 46.3 Å². The molecule has 0 bridgehead atoms. The number of hydrogen-bond acceptors (Lipinski definition) is 3. The minimum absolute atomic E-state index is 0.0335. The van der Waals surface area contributed by atoms with Gasteiger partial charge in [0.05, 0.1) is 0 Å². The highest BCUT2D eigenvalue weighted by Gasteiger charge is 2.19. The molecule has 138 valence electrons. The molecular weight excluding hydrogens is 326 g/mol. The highest BCUT2D eigenvalue weighted by Crippen LogP contribution is 2.11. The SMILES string of the molecule is CC(=O)N(CCC(=O)N(Cc1ccccc1)C(C)C)Cc1ccncc1. The Hall–Kier alpha value is -2.69. The van der Waals surface area contributed by atoms with Crippen LogP contribution in [0.4, 0.5) is 0 Å². The van der Waals surface area contributed by atoms with Gasteiger partial charge in [0.2, 0.25) is 11.8 Å². The molecule has 0 aliphatic heterocycles. The van der Waals surface area contributed by atoms with E-state index in [1.165, 1.54) is 6.92 Å². The molecule has 0 aliphatic carbocycles. The third-order valence-electron chi connectivity index (χ3n) is 4.30. The standard InChI is InChI=1S/C21H27N3O2/c1-17(2)24(16-19-7-5-4-6-8-19)21(26)11-14-23(18(3)25)15-20-9-12-22-13-10-20/h4-10,12-13,17H,11,14-16H2,1-3H3. The van der Waals surface area contributed by atoms with Crippen LogP contribution in [0, 0.1) is 0 Å². The Morgan fingerprint density at radius 3 is 2.15 bits per heavy atom. The molecule has 0 unspecified atom stereocenters. The van der Waals surface area contributed by atoms with Crippen molar-refractivity contribution in [1.29, 1.82) is 0 Å². The molecule has 0 saturated carbocycles. The van der Waals surface area contributed by atoms with Gasteiger partial charge in [-0.05, 0) is 37.1 Å². The molecule has 5 heteroatoms. The number of amides is 2. The first-order valence-electron chi connectivity index (χ1n) is 8.95. The van der Waals surface area contributed by atoms with Gasteiger partial charge in [-0.3, -0.25) is 14.6 Å². The first kappa shape index (κ1) is 19.6. The van der Waals surface area contributed by atoms with Gasteiger partial charge in [0.1, 0.15) is 0 Å². The van der Waals surface area contributed by atoms with Gasteiger partial charge < -0.3 is 9.80 Å². The number of hydrogen-bond donors (Lipinski definition) is 0. The molecule has 26 heavy (non-hydrogen) atoms. The van der Waals surface area contributed by atoms with E-state index in [0.717, 1.165) is 11.1 Å². The second kappa shape index (κ2) is 9.70. The number of carbonyl (C=O) groups is 2. The molecule has 0 fully saturated rings. The lowest BCUT2D eigenvalue weighted by Gasteiger charge is -2.28. The Labute approximate surface area is 155 Å². The van der Waals surface area contributed by atoms with Crippen molar-refractivity contribution in [3.8, 4) is 0 Å². The highest BCUT2D eigenvalue weighted by atomic mass is 16.2. The Morgan fingerprint density at radius 1 is 0.962 bits per heavy atom. The zero-order valence-corrected chi connectivity index (χ0v) is 15.8. The Kier molecular flexibility index (Phi) is 7.33. The van der Waals surface area contributed by atoms with E-state index >= 15 is 0 Å². The monoisotopic (exact) mass is 353 g/mol. The average Bonchev–Trinajstić information content (AvgIpc) is 2.64. The quantitative estimate of drug-likeness (QED) is 0.732. The van der Waals surface area contributed by atoms with Crippen molar-refractivity contribution in [2.75, 3.05) is 6.54 Å². The van der Waals surface area contributed by atoms with E-state index in [9.17, 15) is 9.59 Å². The van der Waals surface area contributed by atoms with Crippen molar-refractivity contribution in [2.24, 2.45) is 0 Å². The lowest BCUT2D eigenvalue weighted by atomic mass is 10.1. The van der Waals surface area contributed by atoms with E-state index in [4.69, 9.17) is 0 Å². The summed E-state index contributed by atoms with van der Waals surface area (Å²) >= 11 is 0. The van der Waals surface area contributed by atoms with Crippen molar-refractivity contribution < 1.29 is 9.59 Å². The summed E-state index contributed by atoms with van der Waals surface area (Å²) in [5, 5.41) is 0. The van der Waals surface area contributed by atoms with Crippen LogP contribution in [0.2, 0.25) is 0 Å². The van der Waals surface area contributed by atoms with E-state index in [0.29, 0.717) is 26.1 Å². The molecule has 0 radical (unpaired) electrons. The third-order valence-corrected chi connectivity index (χ3v) is 4.30. The summed E-state index contributed by atoms with van der Waals surface area (Å²) in [5.41, 5.74) is 2.11.